The van der Waals surface area contributed by atoms with Gasteiger partial charge in [-0.25, -0.2) is 14.6 Å². The molecule has 4 rings (SSSR count). The lowest BCUT2D eigenvalue weighted by atomic mass is 10.0. The number of anilines is 1. The van der Waals surface area contributed by atoms with Crippen molar-refractivity contribution in [2.45, 2.75) is 13.5 Å². The summed E-state index contributed by atoms with van der Waals surface area (Å²) in [6, 6.07) is 7.09. The van der Waals surface area contributed by atoms with Crippen LogP contribution in [-0.2, 0) is 6.54 Å². The number of rotatable bonds is 4. The lowest BCUT2D eigenvalue weighted by molar-refractivity contribution is 0.331. The Morgan fingerprint density at radius 3 is 2.52 bits per heavy atom. The summed E-state index contributed by atoms with van der Waals surface area (Å²) in [6.45, 7) is 4.23. The molecule has 7 heteroatoms. The minimum Gasteiger partial charge on any atom is -0.340 e. The number of nitrogens with zero attached hydrogens (tertiary/aromatic N) is 6. The van der Waals surface area contributed by atoms with Gasteiger partial charge in [-0.3, -0.25) is 9.78 Å². The van der Waals surface area contributed by atoms with Crippen molar-refractivity contribution in [3.63, 3.8) is 0 Å². The second-order valence-corrected chi connectivity index (χ2v) is 6.31. The maximum absolute atomic E-state index is 12.1. The molecular weight excluding hydrogens is 316 g/mol. The van der Waals surface area contributed by atoms with Gasteiger partial charge in [0.05, 0.1) is 12.2 Å². The summed E-state index contributed by atoms with van der Waals surface area (Å²) in [6.07, 6.45) is 7.08. The number of hydrogen-bond donors (Lipinski definition) is 0. The SMILES string of the molecule is Cc1cnc(N2CC(Cn3nc(-c4ccncc4)ccc3=O)C2)nc1. The van der Waals surface area contributed by atoms with Crippen LogP contribution in [0, 0.1) is 12.8 Å². The largest absolute Gasteiger partial charge is 0.340 e. The summed E-state index contributed by atoms with van der Waals surface area (Å²) in [4.78, 5) is 26.9. The zero-order chi connectivity index (χ0) is 17.2. The van der Waals surface area contributed by atoms with Crippen LogP contribution in [0.15, 0.2) is 53.8 Å². The van der Waals surface area contributed by atoms with Gasteiger partial charge in [-0.2, -0.15) is 5.10 Å². The maximum Gasteiger partial charge on any atom is 0.266 e. The average molecular weight is 334 g/mol. The van der Waals surface area contributed by atoms with Crippen LogP contribution in [0.2, 0.25) is 0 Å². The fourth-order valence-corrected chi connectivity index (χ4v) is 2.90. The van der Waals surface area contributed by atoms with E-state index in [2.05, 4.69) is 25.0 Å². The molecule has 4 heterocycles. The summed E-state index contributed by atoms with van der Waals surface area (Å²) in [5.41, 5.74) is 2.69. The molecule has 0 N–H and O–H groups in total. The molecule has 0 aromatic carbocycles. The van der Waals surface area contributed by atoms with Crippen molar-refractivity contribution in [3.8, 4) is 11.3 Å². The molecule has 0 aliphatic carbocycles. The Kier molecular flexibility index (Phi) is 3.97. The van der Waals surface area contributed by atoms with Gasteiger partial charge in [0, 0.05) is 55.4 Å². The third-order valence-electron chi connectivity index (χ3n) is 4.28. The van der Waals surface area contributed by atoms with E-state index in [4.69, 9.17) is 0 Å². The van der Waals surface area contributed by atoms with E-state index in [1.54, 1.807) is 29.2 Å². The van der Waals surface area contributed by atoms with E-state index < -0.39 is 0 Å². The van der Waals surface area contributed by atoms with E-state index in [1.807, 2.05) is 31.5 Å². The fraction of sp³-hybridized carbons (Fsp3) is 0.278. The molecule has 1 aliphatic heterocycles. The standard InChI is InChI=1S/C18H18N6O/c1-13-8-20-18(21-9-13)23-10-14(11-23)12-24-17(25)3-2-16(22-24)15-4-6-19-7-5-15/h2-9,14H,10-12H2,1H3. The van der Waals surface area contributed by atoms with E-state index in [0.717, 1.165) is 35.9 Å². The van der Waals surface area contributed by atoms with E-state index in [-0.39, 0.29) is 5.56 Å². The molecule has 0 bridgehead atoms. The first-order valence-electron chi connectivity index (χ1n) is 8.21. The first kappa shape index (κ1) is 15.4. The minimum absolute atomic E-state index is 0.0807. The molecule has 0 unspecified atom stereocenters. The minimum atomic E-state index is -0.0807. The Morgan fingerprint density at radius 2 is 1.80 bits per heavy atom. The van der Waals surface area contributed by atoms with Crippen molar-refractivity contribution >= 4 is 5.95 Å². The van der Waals surface area contributed by atoms with E-state index >= 15 is 0 Å². The molecule has 126 valence electrons. The summed E-state index contributed by atoms with van der Waals surface area (Å²) in [5, 5.41) is 4.50. The molecule has 0 atom stereocenters. The summed E-state index contributed by atoms with van der Waals surface area (Å²) in [7, 11) is 0. The first-order chi connectivity index (χ1) is 12.2. The van der Waals surface area contributed by atoms with Gasteiger partial charge in [-0.15, -0.1) is 0 Å². The third-order valence-corrected chi connectivity index (χ3v) is 4.28. The van der Waals surface area contributed by atoms with Crippen molar-refractivity contribution < 1.29 is 0 Å². The van der Waals surface area contributed by atoms with Crippen molar-refractivity contribution in [3.05, 3.63) is 65.0 Å². The smallest absolute Gasteiger partial charge is 0.266 e. The molecule has 0 spiro atoms. The normalized spacial score (nSPS) is 14.4. The molecule has 1 fully saturated rings. The van der Waals surface area contributed by atoms with E-state index in [0.29, 0.717) is 12.5 Å². The predicted octanol–water partition coefficient (Wildman–Crippen LogP) is 1.54. The van der Waals surface area contributed by atoms with Gasteiger partial charge in [-0.05, 0) is 30.7 Å². The number of pyridine rings is 1. The average Bonchev–Trinajstić information content (AvgIpc) is 2.61. The van der Waals surface area contributed by atoms with Gasteiger partial charge in [0.25, 0.3) is 5.56 Å². The van der Waals surface area contributed by atoms with Crippen molar-refractivity contribution in [1.29, 1.82) is 0 Å². The number of aryl methyl sites for hydroxylation is 1. The summed E-state index contributed by atoms with van der Waals surface area (Å²) >= 11 is 0. The van der Waals surface area contributed by atoms with Crippen LogP contribution in [0.1, 0.15) is 5.56 Å². The van der Waals surface area contributed by atoms with Crippen LogP contribution in [0.3, 0.4) is 0 Å². The Morgan fingerprint density at radius 1 is 1.08 bits per heavy atom. The molecular formula is C18H18N6O. The van der Waals surface area contributed by atoms with Gasteiger partial charge < -0.3 is 4.90 Å². The van der Waals surface area contributed by atoms with E-state index in [1.165, 1.54) is 0 Å². The predicted molar refractivity (Wildman–Crippen MR) is 94.2 cm³/mol. The molecule has 0 saturated carbocycles. The molecule has 1 aliphatic rings. The highest BCUT2D eigenvalue weighted by Gasteiger charge is 2.29. The quantitative estimate of drug-likeness (QED) is 0.720. The van der Waals surface area contributed by atoms with Crippen LogP contribution in [0.25, 0.3) is 11.3 Å². The van der Waals surface area contributed by atoms with Gasteiger partial charge in [0.1, 0.15) is 0 Å². The maximum atomic E-state index is 12.1. The molecule has 0 amide bonds. The van der Waals surface area contributed by atoms with Gasteiger partial charge in [-0.1, -0.05) is 0 Å². The van der Waals surface area contributed by atoms with Crippen LogP contribution in [0.4, 0.5) is 5.95 Å². The number of aromatic nitrogens is 5. The lowest BCUT2D eigenvalue weighted by Gasteiger charge is -2.39. The van der Waals surface area contributed by atoms with Crippen LogP contribution < -0.4 is 10.5 Å². The van der Waals surface area contributed by atoms with Gasteiger partial charge in [0.2, 0.25) is 5.95 Å². The highest BCUT2D eigenvalue weighted by molar-refractivity contribution is 5.57. The van der Waals surface area contributed by atoms with E-state index in [9.17, 15) is 4.79 Å². The molecule has 7 nitrogen and oxygen atoms in total. The summed E-state index contributed by atoms with van der Waals surface area (Å²) < 4.78 is 1.55. The Hall–Kier alpha value is -3.09. The first-order valence-corrected chi connectivity index (χ1v) is 8.21. The van der Waals surface area contributed by atoms with Crippen molar-refractivity contribution in [1.82, 2.24) is 24.7 Å². The molecule has 1 saturated heterocycles. The second kappa shape index (κ2) is 6.43. The van der Waals surface area contributed by atoms with Crippen LogP contribution in [0.5, 0.6) is 0 Å². The third kappa shape index (κ3) is 3.26. The Bertz CT molecular complexity index is 916. The van der Waals surface area contributed by atoms with Gasteiger partial charge in [0.15, 0.2) is 0 Å². The van der Waals surface area contributed by atoms with Crippen LogP contribution >= 0.6 is 0 Å². The second-order valence-electron chi connectivity index (χ2n) is 6.31. The topological polar surface area (TPSA) is 76.8 Å². The number of hydrogen-bond acceptors (Lipinski definition) is 6. The monoisotopic (exact) mass is 334 g/mol. The molecule has 3 aromatic rings. The highest BCUT2D eigenvalue weighted by atomic mass is 16.1. The summed E-state index contributed by atoms with van der Waals surface area (Å²) in [5.74, 6) is 1.11. The zero-order valence-corrected chi connectivity index (χ0v) is 13.9. The highest BCUT2D eigenvalue weighted by Crippen LogP contribution is 2.22. The lowest BCUT2D eigenvalue weighted by Crippen LogP contribution is -2.50. The van der Waals surface area contributed by atoms with Crippen molar-refractivity contribution in [2.75, 3.05) is 18.0 Å². The van der Waals surface area contributed by atoms with Gasteiger partial charge >= 0.3 is 0 Å². The molecule has 25 heavy (non-hydrogen) atoms. The molecule has 0 radical (unpaired) electrons. The van der Waals surface area contributed by atoms with Crippen LogP contribution in [-0.4, -0.2) is 37.8 Å². The Balaban J connectivity index is 1.45. The fourth-order valence-electron chi connectivity index (χ4n) is 2.90. The van der Waals surface area contributed by atoms with Crippen molar-refractivity contribution in [2.24, 2.45) is 5.92 Å². The molecule has 3 aromatic heterocycles. The Labute approximate surface area is 145 Å². The zero-order valence-electron chi connectivity index (χ0n) is 13.9.